The van der Waals surface area contributed by atoms with E-state index in [2.05, 4.69) is 54.5 Å². The summed E-state index contributed by atoms with van der Waals surface area (Å²) in [6.07, 6.45) is 13.5. The summed E-state index contributed by atoms with van der Waals surface area (Å²) >= 11 is 0. The highest BCUT2D eigenvalue weighted by Crippen LogP contribution is 2.76. The lowest BCUT2D eigenvalue weighted by Gasteiger charge is -2.71. The van der Waals surface area contributed by atoms with Gasteiger partial charge in [0, 0.05) is 17.9 Å². The first-order valence-electron chi connectivity index (χ1n) is 17.2. The van der Waals surface area contributed by atoms with Gasteiger partial charge in [-0.1, -0.05) is 60.1 Å². The molecule has 44 heavy (non-hydrogen) atoms. The van der Waals surface area contributed by atoms with E-state index in [1.165, 1.54) is 12.0 Å². The van der Waals surface area contributed by atoms with Crippen LogP contribution in [-0.4, -0.2) is 24.3 Å². The van der Waals surface area contributed by atoms with Crippen LogP contribution in [0.4, 0.5) is 0 Å². The fraction of sp³-hybridized carbons (Fsp3) is 0.718. The molecular formula is C39H54O5. The molecule has 8 atom stereocenters. The largest absolute Gasteiger partial charge is 0.462 e. The lowest BCUT2D eigenvalue weighted by Crippen LogP contribution is -2.65. The lowest BCUT2D eigenvalue weighted by atomic mass is 9.33. The van der Waals surface area contributed by atoms with Crippen LogP contribution in [0.25, 0.3) is 0 Å². The van der Waals surface area contributed by atoms with Gasteiger partial charge in [-0.15, -0.1) is 0 Å². The minimum absolute atomic E-state index is 0.0202. The minimum Gasteiger partial charge on any atom is -0.462 e. The van der Waals surface area contributed by atoms with Crippen molar-refractivity contribution in [2.24, 2.45) is 50.2 Å². The van der Waals surface area contributed by atoms with Gasteiger partial charge in [-0.2, -0.15) is 0 Å². The predicted octanol–water partition coefficient (Wildman–Crippen LogP) is 9.14. The third-order valence-corrected chi connectivity index (χ3v) is 14.5. The maximum Gasteiger partial charge on any atom is 0.318 e. The Morgan fingerprint density at radius 1 is 0.841 bits per heavy atom. The average Bonchev–Trinajstić information content (AvgIpc) is 2.95. The molecule has 4 fully saturated rings. The number of allylic oxidation sites excluding steroid dienone is 2. The van der Waals surface area contributed by atoms with E-state index < -0.39 is 5.41 Å². The second kappa shape index (κ2) is 10.3. The van der Waals surface area contributed by atoms with Crippen molar-refractivity contribution in [1.82, 2.24) is 0 Å². The Balaban J connectivity index is 1.36. The second-order valence-electron chi connectivity index (χ2n) is 17.4. The number of hydrogen-bond donors (Lipinski definition) is 0. The third-order valence-electron chi connectivity index (χ3n) is 14.5. The molecule has 0 saturated heterocycles. The number of ether oxygens (including phenoxy) is 2. The van der Waals surface area contributed by atoms with Crippen molar-refractivity contribution in [1.29, 1.82) is 0 Å². The number of rotatable bonds is 4. The zero-order valence-electron chi connectivity index (χ0n) is 28.4. The van der Waals surface area contributed by atoms with E-state index in [9.17, 15) is 14.4 Å². The van der Waals surface area contributed by atoms with Gasteiger partial charge in [0.15, 0.2) is 0 Å². The molecule has 0 heterocycles. The zero-order chi connectivity index (χ0) is 31.9. The standard InChI is InChI=1S/C39H54O5/c1-25(41)43-32-16-17-36(6)30(35(32,4)5)15-18-38(8)31(36)14-13-28-29-23-34(2,3)19-21-39(29,22-20-37(28,38)7)33(42)44-27-11-9-26(24-40)10-12-27/h9-13,24,29-32H,14-23H2,1-8H3/t29-,30-,31+,32-,36-,37+,38+,39-/m0/s1. The molecule has 6 rings (SSSR count). The molecule has 0 unspecified atom stereocenters. The Morgan fingerprint density at radius 3 is 2.18 bits per heavy atom. The summed E-state index contributed by atoms with van der Waals surface area (Å²) in [5.41, 5.74) is 2.02. The summed E-state index contributed by atoms with van der Waals surface area (Å²) in [5.74, 6) is 1.49. The SMILES string of the molecule is CC(=O)O[C@H]1CC[C@]2(C)[C@H]3CC=C4[C@@H]5CC(C)(C)CC[C@]5(C(=O)Oc5ccc(C=O)cc5)CC[C@@]4(C)[C@]3(C)CC[C@H]2C1(C)C. The summed E-state index contributed by atoms with van der Waals surface area (Å²) in [6, 6.07) is 6.93. The number of fused-ring (bicyclic) bond motifs is 7. The smallest absolute Gasteiger partial charge is 0.318 e. The van der Waals surface area contributed by atoms with Crippen molar-refractivity contribution in [3.63, 3.8) is 0 Å². The summed E-state index contributed by atoms with van der Waals surface area (Å²) in [5, 5.41) is 0. The van der Waals surface area contributed by atoms with Gasteiger partial charge >= 0.3 is 11.9 Å². The average molecular weight is 603 g/mol. The summed E-state index contributed by atoms with van der Waals surface area (Å²) in [7, 11) is 0. The zero-order valence-corrected chi connectivity index (χ0v) is 28.4. The topological polar surface area (TPSA) is 69.7 Å². The highest BCUT2D eigenvalue weighted by Gasteiger charge is 2.69. The second-order valence-corrected chi connectivity index (χ2v) is 17.4. The molecule has 5 nitrogen and oxygen atoms in total. The molecule has 0 N–H and O–H groups in total. The number of aldehydes is 1. The molecular weight excluding hydrogens is 548 g/mol. The van der Waals surface area contributed by atoms with E-state index in [1.807, 2.05) is 0 Å². The van der Waals surface area contributed by atoms with Gasteiger partial charge < -0.3 is 9.47 Å². The van der Waals surface area contributed by atoms with Gasteiger partial charge in [-0.05, 0) is 128 Å². The third kappa shape index (κ3) is 4.48. The molecule has 0 spiro atoms. The quantitative estimate of drug-likeness (QED) is 0.149. The molecule has 240 valence electrons. The first-order chi connectivity index (χ1) is 20.5. The van der Waals surface area contributed by atoms with E-state index in [4.69, 9.17) is 9.47 Å². The highest BCUT2D eigenvalue weighted by atomic mass is 16.5. The van der Waals surface area contributed by atoms with Gasteiger partial charge in [-0.3, -0.25) is 14.4 Å². The van der Waals surface area contributed by atoms with Crippen molar-refractivity contribution in [2.75, 3.05) is 0 Å². The van der Waals surface area contributed by atoms with Crippen LogP contribution < -0.4 is 4.74 Å². The number of benzene rings is 1. The first kappa shape index (κ1) is 31.5. The molecule has 0 amide bonds. The van der Waals surface area contributed by atoms with Crippen molar-refractivity contribution in [3.8, 4) is 5.75 Å². The van der Waals surface area contributed by atoms with Crippen LogP contribution >= 0.6 is 0 Å². The summed E-state index contributed by atoms with van der Waals surface area (Å²) in [6.45, 7) is 18.7. The van der Waals surface area contributed by atoms with Crippen LogP contribution in [0.15, 0.2) is 35.9 Å². The maximum absolute atomic E-state index is 14.3. The van der Waals surface area contributed by atoms with E-state index in [-0.39, 0.29) is 51.0 Å². The number of carbonyl (C=O) groups is 3. The maximum atomic E-state index is 14.3. The Labute approximate surface area is 264 Å². The summed E-state index contributed by atoms with van der Waals surface area (Å²) in [4.78, 5) is 37.5. The number of esters is 2. The molecule has 4 saturated carbocycles. The van der Waals surface area contributed by atoms with Crippen molar-refractivity contribution in [3.05, 3.63) is 41.5 Å². The predicted molar refractivity (Wildman–Crippen MR) is 172 cm³/mol. The molecule has 5 aliphatic carbocycles. The van der Waals surface area contributed by atoms with Gasteiger partial charge in [0.1, 0.15) is 18.1 Å². The van der Waals surface area contributed by atoms with Crippen LogP contribution in [0.1, 0.15) is 130 Å². The van der Waals surface area contributed by atoms with E-state index >= 15 is 0 Å². The fourth-order valence-corrected chi connectivity index (χ4v) is 11.8. The molecule has 0 bridgehead atoms. The molecule has 0 aromatic heterocycles. The van der Waals surface area contributed by atoms with Crippen LogP contribution in [0.5, 0.6) is 5.75 Å². The van der Waals surface area contributed by atoms with Gasteiger partial charge in [0.2, 0.25) is 0 Å². The van der Waals surface area contributed by atoms with E-state index in [0.717, 1.165) is 64.1 Å². The van der Waals surface area contributed by atoms with Crippen LogP contribution in [0, 0.1) is 50.2 Å². The van der Waals surface area contributed by atoms with Gasteiger partial charge in [0.25, 0.3) is 0 Å². The van der Waals surface area contributed by atoms with E-state index in [0.29, 0.717) is 23.1 Å². The fourth-order valence-electron chi connectivity index (χ4n) is 11.8. The Kier molecular flexibility index (Phi) is 7.38. The van der Waals surface area contributed by atoms with Crippen LogP contribution in [0.3, 0.4) is 0 Å². The first-order valence-corrected chi connectivity index (χ1v) is 17.2. The monoisotopic (exact) mass is 602 g/mol. The Bertz CT molecular complexity index is 1370. The molecule has 5 aliphatic rings. The van der Waals surface area contributed by atoms with Crippen molar-refractivity contribution in [2.45, 2.75) is 126 Å². The molecule has 5 heteroatoms. The Hall–Kier alpha value is -2.43. The van der Waals surface area contributed by atoms with Crippen molar-refractivity contribution < 1.29 is 23.9 Å². The molecule has 1 aromatic carbocycles. The Morgan fingerprint density at radius 2 is 1.52 bits per heavy atom. The van der Waals surface area contributed by atoms with Gasteiger partial charge in [0.05, 0.1) is 5.41 Å². The minimum atomic E-state index is -0.515. The highest BCUT2D eigenvalue weighted by molar-refractivity contribution is 5.81. The molecule has 0 radical (unpaired) electrons. The summed E-state index contributed by atoms with van der Waals surface area (Å²) < 4.78 is 12.1. The molecule has 0 aliphatic heterocycles. The lowest BCUT2D eigenvalue weighted by molar-refractivity contribution is -0.213. The van der Waals surface area contributed by atoms with E-state index in [1.54, 1.807) is 31.2 Å². The van der Waals surface area contributed by atoms with Crippen LogP contribution in [-0.2, 0) is 14.3 Å². The molecule has 1 aromatic rings. The van der Waals surface area contributed by atoms with Crippen LogP contribution in [0.2, 0.25) is 0 Å². The number of hydrogen-bond acceptors (Lipinski definition) is 5. The van der Waals surface area contributed by atoms with Crippen molar-refractivity contribution >= 4 is 18.2 Å². The number of carbonyl (C=O) groups excluding carboxylic acids is 3. The normalized spacial score (nSPS) is 41.9. The van der Waals surface area contributed by atoms with Gasteiger partial charge in [-0.25, -0.2) is 0 Å².